The molecule has 0 N–H and O–H groups in total. The Bertz CT molecular complexity index is 722. The van der Waals surface area contributed by atoms with Gasteiger partial charge in [-0.2, -0.15) is 4.39 Å². The Morgan fingerprint density at radius 1 is 0.944 bits per heavy atom. The van der Waals surface area contributed by atoms with E-state index in [0.29, 0.717) is 5.56 Å². The highest BCUT2D eigenvalue weighted by atomic mass is 19.2. The van der Waals surface area contributed by atoms with Crippen molar-refractivity contribution in [1.29, 1.82) is 0 Å². The summed E-state index contributed by atoms with van der Waals surface area (Å²) >= 11 is 0. The van der Waals surface area contributed by atoms with Gasteiger partial charge in [0, 0.05) is 11.6 Å². The average Bonchev–Trinajstić information content (AvgIpc) is 2.81. The van der Waals surface area contributed by atoms with E-state index in [4.69, 9.17) is 4.42 Å². The molecule has 0 aliphatic rings. The topological polar surface area (TPSA) is 26.0 Å². The molecule has 0 atom stereocenters. The lowest BCUT2D eigenvalue weighted by molar-refractivity contribution is 0.442. The third-order valence-electron chi connectivity index (χ3n) is 2.54. The molecule has 18 heavy (non-hydrogen) atoms. The Labute approximate surface area is 99.7 Å². The second kappa shape index (κ2) is 3.87. The molecule has 0 saturated heterocycles. The van der Waals surface area contributed by atoms with Gasteiger partial charge in [0.1, 0.15) is 5.52 Å². The zero-order valence-corrected chi connectivity index (χ0v) is 8.95. The minimum Gasteiger partial charge on any atom is -0.433 e. The second-order valence-corrected chi connectivity index (χ2v) is 3.72. The SMILES string of the molecule is Fc1cc2nc(-c3ccccc3)oc2c(F)c1F. The van der Waals surface area contributed by atoms with Crippen molar-refractivity contribution in [1.82, 2.24) is 4.98 Å². The first kappa shape index (κ1) is 10.8. The van der Waals surface area contributed by atoms with Crippen LogP contribution in [0.5, 0.6) is 0 Å². The van der Waals surface area contributed by atoms with Gasteiger partial charge in [-0.15, -0.1) is 0 Å². The molecule has 2 nitrogen and oxygen atoms in total. The molecule has 1 heterocycles. The summed E-state index contributed by atoms with van der Waals surface area (Å²) in [6.07, 6.45) is 0. The maximum Gasteiger partial charge on any atom is 0.227 e. The zero-order valence-electron chi connectivity index (χ0n) is 8.95. The lowest BCUT2D eigenvalue weighted by Crippen LogP contribution is -1.90. The molecule has 0 unspecified atom stereocenters. The molecule has 5 heteroatoms. The highest BCUT2D eigenvalue weighted by Gasteiger charge is 2.19. The summed E-state index contributed by atoms with van der Waals surface area (Å²) in [6, 6.07) is 9.52. The van der Waals surface area contributed by atoms with Crippen LogP contribution in [0, 0.1) is 17.5 Å². The molecule has 0 fully saturated rings. The number of fused-ring (bicyclic) bond motifs is 1. The zero-order chi connectivity index (χ0) is 12.7. The number of benzene rings is 2. The van der Waals surface area contributed by atoms with Crippen LogP contribution in [0.25, 0.3) is 22.6 Å². The van der Waals surface area contributed by atoms with Crippen molar-refractivity contribution in [2.75, 3.05) is 0 Å². The van der Waals surface area contributed by atoms with E-state index in [1.54, 1.807) is 30.3 Å². The molecular weight excluding hydrogens is 243 g/mol. The Kier molecular flexibility index (Phi) is 2.33. The molecule has 2 aromatic carbocycles. The lowest BCUT2D eigenvalue weighted by Gasteiger charge is -1.94. The maximum absolute atomic E-state index is 13.4. The normalized spacial score (nSPS) is 11.1. The standard InChI is InChI=1S/C13H6F3NO/c14-8-6-9-12(11(16)10(8)15)18-13(17-9)7-4-2-1-3-5-7/h1-6H. The Hall–Kier alpha value is -2.30. The maximum atomic E-state index is 13.4. The first-order valence-corrected chi connectivity index (χ1v) is 5.16. The first-order valence-electron chi connectivity index (χ1n) is 5.16. The van der Waals surface area contributed by atoms with Crippen molar-refractivity contribution >= 4 is 11.1 Å². The molecule has 0 spiro atoms. The minimum absolute atomic E-state index is 0.0507. The fourth-order valence-corrected chi connectivity index (χ4v) is 1.68. The van der Waals surface area contributed by atoms with Crippen LogP contribution in [-0.2, 0) is 0 Å². The van der Waals surface area contributed by atoms with E-state index in [1.807, 2.05) is 0 Å². The van der Waals surface area contributed by atoms with Crippen molar-refractivity contribution in [3.8, 4) is 11.5 Å². The van der Waals surface area contributed by atoms with Gasteiger partial charge in [0.05, 0.1) is 0 Å². The van der Waals surface area contributed by atoms with Crippen molar-refractivity contribution < 1.29 is 17.6 Å². The molecule has 90 valence electrons. The van der Waals surface area contributed by atoms with E-state index in [2.05, 4.69) is 4.98 Å². The van der Waals surface area contributed by atoms with Crippen LogP contribution in [0.3, 0.4) is 0 Å². The number of hydrogen-bond acceptors (Lipinski definition) is 2. The van der Waals surface area contributed by atoms with Crippen LogP contribution in [-0.4, -0.2) is 4.98 Å². The average molecular weight is 249 g/mol. The predicted molar refractivity (Wildman–Crippen MR) is 59.3 cm³/mol. The second-order valence-electron chi connectivity index (χ2n) is 3.72. The Morgan fingerprint density at radius 3 is 2.39 bits per heavy atom. The number of hydrogen-bond donors (Lipinski definition) is 0. The van der Waals surface area contributed by atoms with E-state index in [9.17, 15) is 13.2 Å². The van der Waals surface area contributed by atoms with Crippen molar-refractivity contribution in [2.24, 2.45) is 0 Å². The molecule has 1 aromatic heterocycles. The van der Waals surface area contributed by atoms with Crippen molar-refractivity contribution in [2.45, 2.75) is 0 Å². The van der Waals surface area contributed by atoms with Gasteiger partial charge < -0.3 is 4.42 Å². The summed E-state index contributed by atoms with van der Waals surface area (Å²) in [6.45, 7) is 0. The Morgan fingerprint density at radius 2 is 1.67 bits per heavy atom. The van der Waals surface area contributed by atoms with Crippen molar-refractivity contribution in [3.05, 3.63) is 53.8 Å². The summed E-state index contributed by atoms with van der Waals surface area (Å²) in [5.74, 6) is -4.08. The van der Waals surface area contributed by atoms with E-state index < -0.39 is 17.5 Å². The quantitative estimate of drug-likeness (QED) is 0.611. The summed E-state index contributed by atoms with van der Waals surface area (Å²) in [5, 5.41) is 0. The van der Waals surface area contributed by atoms with E-state index in [0.717, 1.165) is 6.07 Å². The molecule has 0 amide bonds. The monoisotopic (exact) mass is 249 g/mol. The third kappa shape index (κ3) is 1.55. The number of oxazole rings is 1. The van der Waals surface area contributed by atoms with E-state index >= 15 is 0 Å². The van der Waals surface area contributed by atoms with Crippen LogP contribution >= 0.6 is 0 Å². The lowest BCUT2D eigenvalue weighted by atomic mass is 10.2. The first-order chi connectivity index (χ1) is 8.66. The van der Waals surface area contributed by atoms with Crippen molar-refractivity contribution in [3.63, 3.8) is 0 Å². The molecule has 0 aliphatic heterocycles. The van der Waals surface area contributed by atoms with Gasteiger partial charge in [0.15, 0.2) is 17.2 Å². The fraction of sp³-hybridized carbons (Fsp3) is 0. The van der Waals surface area contributed by atoms with E-state index in [1.165, 1.54) is 0 Å². The molecule has 0 aliphatic carbocycles. The summed E-state index contributed by atoms with van der Waals surface area (Å²) in [7, 11) is 0. The number of aromatic nitrogens is 1. The number of rotatable bonds is 1. The number of halogens is 3. The van der Waals surface area contributed by atoms with Gasteiger partial charge in [-0.25, -0.2) is 13.8 Å². The van der Waals surface area contributed by atoms with Crippen LogP contribution in [0.4, 0.5) is 13.2 Å². The largest absolute Gasteiger partial charge is 0.433 e. The molecule has 0 radical (unpaired) electrons. The molecule has 3 aromatic rings. The summed E-state index contributed by atoms with van der Waals surface area (Å²) in [4.78, 5) is 3.93. The molecule has 3 rings (SSSR count). The van der Waals surface area contributed by atoms with Crippen LogP contribution in [0.15, 0.2) is 40.8 Å². The van der Waals surface area contributed by atoms with Crippen LogP contribution in [0.1, 0.15) is 0 Å². The van der Waals surface area contributed by atoms with Crippen LogP contribution < -0.4 is 0 Å². The minimum atomic E-state index is -1.56. The summed E-state index contributed by atoms with van der Waals surface area (Å²) < 4.78 is 44.6. The van der Waals surface area contributed by atoms with E-state index in [-0.39, 0.29) is 17.0 Å². The predicted octanol–water partition coefficient (Wildman–Crippen LogP) is 3.91. The molecule has 0 saturated carbocycles. The highest BCUT2D eigenvalue weighted by Crippen LogP contribution is 2.28. The third-order valence-corrected chi connectivity index (χ3v) is 2.54. The van der Waals surface area contributed by atoms with Gasteiger partial charge in [-0.1, -0.05) is 18.2 Å². The van der Waals surface area contributed by atoms with Gasteiger partial charge in [-0.3, -0.25) is 0 Å². The summed E-state index contributed by atoms with van der Waals surface area (Å²) in [5.41, 5.74) is 0.173. The van der Waals surface area contributed by atoms with Gasteiger partial charge in [0.2, 0.25) is 11.7 Å². The van der Waals surface area contributed by atoms with Gasteiger partial charge in [-0.05, 0) is 12.1 Å². The molecule has 0 bridgehead atoms. The number of nitrogens with zero attached hydrogens (tertiary/aromatic N) is 1. The Balaban J connectivity index is 2.27. The van der Waals surface area contributed by atoms with Gasteiger partial charge in [0.25, 0.3) is 0 Å². The fourth-order valence-electron chi connectivity index (χ4n) is 1.68. The van der Waals surface area contributed by atoms with Crippen LogP contribution in [0.2, 0.25) is 0 Å². The highest BCUT2D eigenvalue weighted by molar-refractivity contribution is 5.77. The van der Waals surface area contributed by atoms with Gasteiger partial charge >= 0.3 is 0 Å². The smallest absolute Gasteiger partial charge is 0.227 e. The molecular formula is C13H6F3NO.